The van der Waals surface area contributed by atoms with Gasteiger partial charge in [-0.3, -0.25) is 0 Å². The first-order valence-corrected chi connectivity index (χ1v) is 7.06. The molecule has 0 aliphatic carbocycles. The highest BCUT2D eigenvalue weighted by molar-refractivity contribution is 7.09. The Morgan fingerprint density at radius 3 is 2.72 bits per heavy atom. The van der Waals surface area contributed by atoms with Gasteiger partial charge < -0.3 is 10.2 Å². The molecule has 0 unspecified atom stereocenters. The third-order valence-electron chi connectivity index (χ3n) is 3.11. The number of thiophene rings is 1. The minimum absolute atomic E-state index is 0.931. The molecule has 0 aliphatic rings. The lowest BCUT2D eigenvalue weighted by Crippen LogP contribution is -2.16. The maximum Gasteiger partial charge on any atom is 0.0519 e. The van der Waals surface area contributed by atoms with Gasteiger partial charge in [-0.2, -0.15) is 0 Å². The van der Waals surface area contributed by atoms with Gasteiger partial charge in [-0.05, 0) is 48.7 Å². The largest absolute Gasteiger partial charge is 0.369 e. The van der Waals surface area contributed by atoms with Crippen molar-refractivity contribution in [2.45, 2.75) is 20.0 Å². The highest BCUT2D eigenvalue weighted by Crippen LogP contribution is 2.21. The van der Waals surface area contributed by atoms with Crippen LogP contribution in [0.4, 0.5) is 5.69 Å². The Balaban J connectivity index is 2.11. The minimum atomic E-state index is 0.931. The Bertz CT molecular complexity index is 491. The fraction of sp³-hybridized carbons (Fsp3) is 0.333. The van der Waals surface area contributed by atoms with Crippen molar-refractivity contribution in [2.24, 2.45) is 0 Å². The van der Waals surface area contributed by atoms with E-state index in [0.717, 1.165) is 13.1 Å². The zero-order valence-electron chi connectivity index (χ0n) is 11.2. The van der Waals surface area contributed by atoms with Gasteiger partial charge in [0.25, 0.3) is 0 Å². The van der Waals surface area contributed by atoms with Crippen molar-refractivity contribution >= 4 is 17.0 Å². The van der Waals surface area contributed by atoms with Crippen LogP contribution in [0.1, 0.15) is 16.0 Å². The molecule has 2 nitrogen and oxygen atoms in total. The molecule has 0 saturated heterocycles. The van der Waals surface area contributed by atoms with E-state index in [-0.39, 0.29) is 0 Å². The maximum atomic E-state index is 3.20. The fourth-order valence-corrected chi connectivity index (χ4v) is 2.79. The van der Waals surface area contributed by atoms with Gasteiger partial charge in [0, 0.05) is 24.2 Å². The molecule has 2 aromatic rings. The summed E-state index contributed by atoms with van der Waals surface area (Å²) in [6.45, 7) is 4.08. The molecule has 1 aromatic heterocycles. The standard InChI is InChI=1S/C15H20N2S/c1-12-9-14(7-6-13(12)10-16-2)17(3)11-15-5-4-8-18-15/h4-9,16H,10-11H2,1-3H3. The zero-order chi connectivity index (χ0) is 13.0. The number of anilines is 1. The predicted octanol–water partition coefficient (Wildman–Crippen LogP) is 3.41. The molecule has 1 N–H and O–H groups in total. The van der Waals surface area contributed by atoms with Gasteiger partial charge in [0.15, 0.2) is 0 Å². The Hall–Kier alpha value is -1.32. The Labute approximate surface area is 113 Å². The molecular weight excluding hydrogens is 240 g/mol. The molecule has 0 bridgehead atoms. The van der Waals surface area contributed by atoms with Crippen LogP contribution in [0.5, 0.6) is 0 Å². The molecule has 0 aliphatic heterocycles. The summed E-state index contributed by atoms with van der Waals surface area (Å²) in [6, 6.07) is 11.0. The number of aryl methyl sites for hydroxylation is 1. The van der Waals surface area contributed by atoms with Gasteiger partial charge in [0.1, 0.15) is 0 Å². The molecule has 0 amide bonds. The molecule has 0 atom stereocenters. The fourth-order valence-electron chi connectivity index (χ4n) is 2.03. The molecule has 0 fully saturated rings. The SMILES string of the molecule is CNCc1ccc(N(C)Cc2cccs2)cc1C. The Kier molecular flexibility index (Phi) is 4.39. The smallest absolute Gasteiger partial charge is 0.0519 e. The van der Waals surface area contributed by atoms with Crippen molar-refractivity contribution in [2.75, 3.05) is 19.0 Å². The quantitative estimate of drug-likeness (QED) is 0.886. The number of nitrogens with one attached hydrogen (secondary N) is 1. The molecule has 0 radical (unpaired) electrons. The van der Waals surface area contributed by atoms with E-state index in [1.807, 2.05) is 18.4 Å². The molecule has 96 valence electrons. The second kappa shape index (κ2) is 6.03. The Morgan fingerprint density at radius 2 is 2.11 bits per heavy atom. The highest BCUT2D eigenvalue weighted by Gasteiger charge is 2.05. The monoisotopic (exact) mass is 260 g/mol. The van der Waals surface area contributed by atoms with E-state index >= 15 is 0 Å². The normalized spacial score (nSPS) is 10.6. The zero-order valence-corrected chi connectivity index (χ0v) is 12.1. The third-order valence-corrected chi connectivity index (χ3v) is 3.97. The summed E-state index contributed by atoms with van der Waals surface area (Å²) in [5.74, 6) is 0. The van der Waals surface area contributed by atoms with Crippen LogP contribution in [0.3, 0.4) is 0 Å². The average Bonchev–Trinajstić information content (AvgIpc) is 2.84. The van der Waals surface area contributed by atoms with Crippen LogP contribution < -0.4 is 10.2 Å². The highest BCUT2D eigenvalue weighted by atomic mass is 32.1. The average molecular weight is 260 g/mol. The molecule has 2 rings (SSSR count). The van der Waals surface area contributed by atoms with Crippen LogP contribution in [0, 0.1) is 6.92 Å². The van der Waals surface area contributed by atoms with Gasteiger partial charge in [-0.25, -0.2) is 0 Å². The van der Waals surface area contributed by atoms with E-state index in [9.17, 15) is 0 Å². The molecule has 3 heteroatoms. The van der Waals surface area contributed by atoms with Gasteiger partial charge in [-0.1, -0.05) is 12.1 Å². The predicted molar refractivity (Wildman–Crippen MR) is 80.4 cm³/mol. The number of nitrogens with zero attached hydrogens (tertiary/aromatic N) is 1. The first-order chi connectivity index (χ1) is 8.70. The Morgan fingerprint density at radius 1 is 1.28 bits per heavy atom. The third kappa shape index (κ3) is 3.12. The summed E-state index contributed by atoms with van der Waals surface area (Å²) < 4.78 is 0. The van der Waals surface area contributed by atoms with E-state index in [0.29, 0.717) is 0 Å². The number of benzene rings is 1. The molecular formula is C15H20N2S. The van der Waals surface area contributed by atoms with Gasteiger partial charge in [0.2, 0.25) is 0 Å². The second-order valence-corrected chi connectivity index (χ2v) is 5.61. The van der Waals surface area contributed by atoms with Gasteiger partial charge >= 0.3 is 0 Å². The molecule has 1 aromatic carbocycles. The minimum Gasteiger partial charge on any atom is -0.369 e. The number of rotatable bonds is 5. The summed E-state index contributed by atoms with van der Waals surface area (Å²) in [6.07, 6.45) is 0. The summed E-state index contributed by atoms with van der Waals surface area (Å²) >= 11 is 1.81. The van der Waals surface area contributed by atoms with E-state index in [4.69, 9.17) is 0 Å². The number of hydrogen-bond acceptors (Lipinski definition) is 3. The van der Waals surface area contributed by atoms with Crippen LogP contribution in [-0.2, 0) is 13.1 Å². The topological polar surface area (TPSA) is 15.3 Å². The summed E-state index contributed by atoms with van der Waals surface area (Å²) in [7, 11) is 4.13. The lowest BCUT2D eigenvalue weighted by Gasteiger charge is -2.20. The van der Waals surface area contributed by atoms with Crippen molar-refractivity contribution in [1.82, 2.24) is 5.32 Å². The first-order valence-electron chi connectivity index (χ1n) is 6.18. The van der Waals surface area contributed by atoms with Gasteiger partial charge in [-0.15, -0.1) is 11.3 Å². The van der Waals surface area contributed by atoms with E-state index in [1.165, 1.54) is 21.7 Å². The van der Waals surface area contributed by atoms with E-state index < -0.39 is 0 Å². The molecule has 1 heterocycles. The lowest BCUT2D eigenvalue weighted by molar-refractivity contribution is 0.811. The lowest BCUT2D eigenvalue weighted by atomic mass is 10.1. The summed E-state index contributed by atoms with van der Waals surface area (Å²) in [5.41, 5.74) is 3.99. The van der Waals surface area contributed by atoms with Crippen LogP contribution in [0.2, 0.25) is 0 Å². The van der Waals surface area contributed by atoms with Crippen molar-refractivity contribution in [1.29, 1.82) is 0 Å². The van der Waals surface area contributed by atoms with E-state index in [2.05, 4.69) is 59.9 Å². The van der Waals surface area contributed by atoms with Crippen molar-refractivity contribution in [3.05, 3.63) is 51.7 Å². The van der Waals surface area contributed by atoms with Crippen molar-refractivity contribution < 1.29 is 0 Å². The molecule has 0 saturated carbocycles. The van der Waals surface area contributed by atoms with Crippen LogP contribution in [0.15, 0.2) is 35.7 Å². The van der Waals surface area contributed by atoms with Crippen LogP contribution in [0.25, 0.3) is 0 Å². The number of hydrogen-bond donors (Lipinski definition) is 1. The van der Waals surface area contributed by atoms with Crippen LogP contribution in [-0.4, -0.2) is 14.1 Å². The second-order valence-electron chi connectivity index (χ2n) is 4.58. The summed E-state index contributed by atoms with van der Waals surface area (Å²) in [5, 5.41) is 5.33. The maximum absolute atomic E-state index is 3.20. The molecule has 0 spiro atoms. The van der Waals surface area contributed by atoms with E-state index in [1.54, 1.807) is 0 Å². The van der Waals surface area contributed by atoms with Gasteiger partial charge in [0.05, 0.1) is 6.54 Å². The molecule has 18 heavy (non-hydrogen) atoms. The summed E-state index contributed by atoms with van der Waals surface area (Å²) in [4.78, 5) is 3.69. The first kappa shape index (κ1) is 13.1. The van der Waals surface area contributed by atoms with Crippen molar-refractivity contribution in [3.63, 3.8) is 0 Å². The van der Waals surface area contributed by atoms with Crippen LogP contribution >= 0.6 is 11.3 Å². The van der Waals surface area contributed by atoms with Crippen molar-refractivity contribution in [3.8, 4) is 0 Å².